The third-order valence-electron chi connectivity index (χ3n) is 7.20. The fraction of sp³-hybridized carbons (Fsp3) is 0.591. The van der Waals surface area contributed by atoms with Crippen molar-refractivity contribution in [2.75, 3.05) is 19.7 Å². The highest BCUT2D eigenvalue weighted by molar-refractivity contribution is 8.05. The van der Waals surface area contributed by atoms with Crippen LogP contribution in [0.1, 0.15) is 32.6 Å². The predicted molar refractivity (Wildman–Crippen MR) is 117 cm³/mol. The molecule has 0 amide bonds. The normalized spacial score (nSPS) is 30.6. The maximum atomic E-state index is 14.0. The molecule has 5 aliphatic rings. The molecule has 1 unspecified atom stereocenters. The average Bonchev–Trinajstić information content (AvgIpc) is 3.46. The summed E-state index contributed by atoms with van der Waals surface area (Å²) in [5.41, 5.74) is 0.0185. The van der Waals surface area contributed by atoms with E-state index in [-0.39, 0.29) is 16.4 Å². The quantitative estimate of drug-likeness (QED) is 0.685. The lowest BCUT2D eigenvalue weighted by Gasteiger charge is -2.60. The Morgan fingerprint density at radius 3 is 2.68 bits per heavy atom. The molecular weight excluding hydrogens is 437 g/mol. The van der Waals surface area contributed by atoms with E-state index in [1.54, 1.807) is 6.07 Å². The minimum absolute atomic E-state index is 0.0185. The van der Waals surface area contributed by atoms with Crippen LogP contribution < -0.4 is 0 Å². The van der Waals surface area contributed by atoms with Crippen molar-refractivity contribution in [1.82, 2.24) is 9.21 Å². The van der Waals surface area contributed by atoms with Crippen LogP contribution in [-0.2, 0) is 14.8 Å². The molecule has 9 heteroatoms. The second-order valence-electron chi connectivity index (χ2n) is 9.65. The van der Waals surface area contributed by atoms with Crippen molar-refractivity contribution in [2.24, 2.45) is 16.3 Å². The SMILES string of the molecule is C[C@@H]1COC2=NC(C3CC3)SC2=CN1C1CC2(C1)CN(S(=O)(=O)c1ccccc1F)C2. The summed E-state index contributed by atoms with van der Waals surface area (Å²) in [5.74, 6) is 0.816. The summed E-state index contributed by atoms with van der Waals surface area (Å²) in [6, 6.07) is 6.25. The van der Waals surface area contributed by atoms with Crippen molar-refractivity contribution in [1.29, 1.82) is 0 Å². The second-order valence-corrected chi connectivity index (χ2v) is 12.7. The van der Waals surface area contributed by atoms with Crippen LogP contribution in [0.3, 0.4) is 0 Å². The molecule has 6 nitrogen and oxygen atoms in total. The Labute approximate surface area is 186 Å². The molecule has 2 atom stereocenters. The molecule has 0 N–H and O–H groups in total. The van der Waals surface area contributed by atoms with Crippen LogP contribution in [0.15, 0.2) is 45.3 Å². The summed E-state index contributed by atoms with van der Waals surface area (Å²) < 4.78 is 47.0. The zero-order valence-corrected chi connectivity index (χ0v) is 19.0. The summed E-state index contributed by atoms with van der Waals surface area (Å²) in [7, 11) is -3.77. The number of hydrogen-bond donors (Lipinski definition) is 0. The number of fused-ring (bicyclic) bond motifs is 1. The molecule has 3 aliphatic heterocycles. The number of thioether (sulfide) groups is 1. The average molecular weight is 464 g/mol. The first-order chi connectivity index (χ1) is 14.8. The van der Waals surface area contributed by atoms with Gasteiger partial charge in [-0.2, -0.15) is 4.31 Å². The van der Waals surface area contributed by atoms with Crippen molar-refractivity contribution >= 4 is 27.7 Å². The first-order valence-electron chi connectivity index (χ1n) is 11.0. The first-order valence-corrected chi connectivity index (χ1v) is 13.3. The molecule has 2 aliphatic carbocycles. The molecule has 166 valence electrons. The Kier molecular flexibility index (Phi) is 4.50. The zero-order valence-electron chi connectivity index (χ0n) is 17.4. The molecule has 0 radical (unpaired) electrons. The predicted octanol–water partition coefficient (Wildman–Crippen LogP) is 3.42. The smallest absolute Gasteiger partial charge is 0.246 e. The lowest BCUT2D eigenvalue weighted by Crippen LogP contribution is -2.67. The molecule has 1 aromatic carbocycles. The van der Waals surface area contributed by atoms with Gasteiger partial charge in [0.25, 0.3) is 0 Å². The van der Waals surface area contributed by atoms with Gasteiger partial charge in [0.05, 0.1) is 10.9 Å². The Hall–Kier alpha value is -1.58. The Bertz CT molecular complexity index is 1070. The van der Waals surface area contributed by atoms with E-state index in [9.17, 15) is 12.8 Å². The van der Waals surface area contributed by atoms with Crippen LogP contribution in [0, 0.1) is 17.2 Å². The number of sulfonamides is 1. The highest BCUT2D eigenvalue weighted by Crippen LogP contribution is 2.53. The van der Waals surface area contributed by atoms with Crippen LogP contribution in [0.4, 0.5) is 4.39 Å². The summed E-state index contributed by atoms with van der Waals surface area (Å²) in [6.07, 6.45) is 6.66. The van der Waals surface area contributed by atoms with E-state index in [1.807, 2.05) is 11.8 Å². The van der Waals surface area contributed by atoms with E-state index in [1.165, 1.54) is 35.3 Å². The molecule has 1 saturated heterocycles. The van der Waals surface area contributed by atoms with Crippen LogP contribution in [0.5, 0.6) is 0 Å². The van der Waals surface area contributed by atoms with Crippen LogP contribution in [0.25, 0.3) is 0 Å². The molecule has 1 spiro atoms. The maximum Gasteiger partial charge on any atom is 0.246 e. The highest BCUT2D eigenvalue weighted by atomic mass is 32.2. The Balaban J connectivity index is 1.12. The minimum Gasteiger partial charge on any atom is -0.475 e. The van der Waals surface area contributed by atoms with Crippen molar-refractivity contribution in [3.63, 3.8) is 0 Å². The van der Waals surface area contributed by atoms with Crippen molar-refractivity contribution in [3.8, 4) is 0 Å². The van der Waals surface area contributed by atoms with Gasteiger partial charge in [-0.1, -0.05) is 23.9 Å². The number of ether oxygens (including phenoxy) is 1. The molecule has 31 heavy (non-hydrogen) atoms. The lowest BCUT2D eigenvalue weighted by atomic mass is 9.61. The Morgan fingerprint density at radius 2 is 1.97 bits per heavy atom. The van der Waals surface area contributed by atoms with Crippen molar-refractivity contribution in [2.45, 2.75) is 55.0 Å². The number of hydrogen-bond acceptors (Lipinski definition) is 6. The topological polar surface area (TPSA) is 62.2 Å². The summed E-state index contributed by atoms with van der Waals surface area (Å²) in [6.45, 7) is 3.73. The summed E-state index contributed by atoms with van der Waals surface area (Å²) in [5, 5.41) is 0.313. The van der Waals surface area contributed by atoms with E-state index >= 15 is 0 Å². The first kappa shape index (κ1) is 20.1. The minimum atomic E-state index is -3.77. The number of halogens is 1. The van der Waals surface area contributed by atoms with Gasteiger partial charge in [0, 0.05) is 30.7 Å². The van der Waals surface area contributed by atoms with Gasteiger partial charge in [0.15, 0.2) is 0 Å². The largest absolute Gasteiger partial charge is 0.475 e. The van der Waals surface area contributed by atoms with E-state index in [4.69, 9.17) is 9.73 Å². The molecule has 3 fully saturated rings. The van der Waals surface area contributed by atoms with Crippen molar-refractivity contribution in [3.05, 3.63) is 41.2 Å². The van der Waals surface area contributed by atoms with Gasteiger partial charge in [0.1, 0.15) is 22.7 Å². The lowest BCUT2D eigenvalue weighted by molar-refractivity contribution is -0.0732. The van der Waals surface area contributed by atoms with Gasteiger partial charge in [-0.3, -0.25) is 0 Å². The highest BCUT2D eigenvalue weighted by Gasteiger charge is 2.57. The van der Waals surface area contributed by atoms with Crippen LogP contribution in [0.2, 0.25) is 0 Å². The molecular formula is C22H26FN3O3S2. The second kappa shape index (κ2) is 6.96. The zero-order chi connectivity index (χ0) is 21.4. The van der Waals surface area contributed by atoms with E-state index < -0.39 is 15.8 Å². The van der Waals surface area contributed by atoms with Gasteiger partial charge in [0.2, 0.25) is 15.9 Å². The fourth-order valence-corrected chi connectivity index (χ4v) is 8.25. The molecule has 6 rings (SSSR count). The Morgan fingerprint density at radius 1 is 1.23 bits per heavy atom. The third kappa shape index (κ3) is 3.31. The van der Waals surface area contributed by atoms with Gasteiger partial charge >= 0.3 is 0 Å². The van der Waals surface area contributed by atoms with E-state index in [0.29, 0.717) is 37.0 Å². The van der Waals surface area contributed by atoms with Gasteiger partial charge in [-0.05, 0) is 50.7 Å². The number of aliphatic imine (C=N–C) groups is 1. The molecule has 3 heterocycles. The van der Waals surface area contributed by atoms with Gasteiger partial charge in [-0.15, -0.1) is 0 Å². The maximum absolute atomic E-state index is 14.0. The third-order valence-corrected chi connectivity index (χ3v) is 10.3. The number of nitrogens with zero attached hydrogens (tertiary/aromatic N) is 3. The van der Waals surface area contributed by atoms with Gasteiger partial charge in [-0.25, -0.2) is 17.8 Å². The number of benzene rings is 1. The van der Waals surface area contributed by atoms with E-state index in [0.717, 1.165) is 23.6 Å². The summed E-state index contributed by atoms with van der Waals surface area (Å²) in [4.78, 5) is 8.11. The molecule has 1 aromatic rings. The summed E-state index contributed by atoms with van der Waals surface area (Å²) >= 11 is 1.83. The van der Waals surface area contributed by atoms with Gasteiger partial charge < -0.3 is 9.64 Å². The standard InChI is InChI=1S/C22H26FN3O3S2/c1-14-11-29-20-18(30-21(24-20)15-6-7-15)10-26(14)16-8-22(9-16)12-25(13-22)31(27,28)19-5-3-2-4-17(19)23/h2-5,10,14-16,21H,6-9,11-13H2,1H3/t14-,21?/m1/s1. The van der Waals surface area contributed by atoms with E-state index in [2.05, 4.69) is 18.0 Å². The monoisotopic (exact) mass is 463 g/mol. The van der Waals surface area contributed by atoms with Crippen molar-refractivity contribution < 1.29 is 17.5 Å². The molecule has 0 aromatic heterocycles. The molecule has 2 saturated carbocycles. The number of rotatable bonds is 4. The van der Waals surface area contributed by atoms with Crippen LogP contribution in [-0.4, -0.2) is 60.7 Å². The fourth-order valence-electron chi connectivity index (χ4n) is 5.25. The molecule has 0 bridgehead atoms. The van der Waals surface area contributed by atoms with Crippen LogP contribution >= 0.6 is 11.8 Å².